The minimum Gasteiger partial charge on any atom is -0.324 e. The molecule has 58 valence electrons. The molecule has 0 saturated heterocycles. The summed E-state index contributed by atoms with van der Waals surface area (Å²) in [6, 6.07) is 9.47. The van der Waals surface area contributed by atoms with E-state index in [-0.39, 0.29) is 6.04 Å². The first kappa shape index (κ1) is 7.95. The second kappa shape index (κ2) is 3.88. The fraction of sp³-hybridized carbons (Fsp3) is 0.222. The summed E-state index contributed by atoms with van der Waals surface area (Å²) >= 11 is 0. The zero-order chi connectivity index (χ0) is 8.10. The summed E-state index contributed by atoms with van der Waals surface area (Å²) in [5.74, 6) is 0. The highest BCUT2D eigenvalue weighted by Gasteiger charge is 2.02. The molecular formula is C9H11NO. The summed E-state index contributed by atoms with van der Waals surface area (Å²) in [7, 11) is 0. The van der Waals surface area contributed by atoms with Gasteiger partial charge in [0.15, 0.2) is 0 Å². The van der Waals surface area contributed by atoms with Crippen LogP contribution in [0.4, 0.5) is 0 Å². The summed E-state index contributed by atoms with van der Waals surface area (Å²) in [6.45, 7) is 0. The van der Waals surface area contributed by atoms with Crippen molar-refractivity contribution in [2.45, 2.75) is 12.5 Å². The van der Waals surface area contributed by atoms with Gasteiger partial charge in [0.05, 0.1) is 0 Å². The lowest BCUT2D eigenvalue weighted by Crippen LogP contribution is -2.09. The molecule has 1 aromatic rings. The molecule has 0 aromatic heterocycles. The minimum absolute atomic E-state index is 0.145. The van der Waals surface area contributed by atoms with E-state index in [9.17, 15) is 4.79 Å². The molecule has 1 aromatic carbocycles. The van der Waals surface area contributed by atoms with Gasteiger partial charge in [0.25, 0.3) is 0 Å². The maximum absolute atomic E-state index is 10.1. The van der Waals surface area contributed by atoms with Gasteiger partial charge in [-0.3, -0.25) is 0 Å². The number of hydrogen-bond acceptors (Lipinski definition) is 2. The van der Waals surface area contributed by atoms with Gasteiger partial charge in [-0.1, -0.05) is 30.3 Å². The lowest BCUT2D eigenvalue weighted by Gasteiger charge is -2.06. The van der Waals surface area contributed by atoms with Crippen molar-refractivity contribution >= 4 is 6.29 Å². The van der Waals surface area contributed by atoms with Crippen molar-refractivity contribution in [2.24, 2.45) is 5.73 Å². The van der Waals surface area contributed by atoms with Gasteiger partial charge in [0, 0.05) is 12.5 Å². The van der Waals surface area contributed by atoms with Gasteiger partial charge in [0.1, 0.15) is 6.29 Å². The van der Waals surface area contributed by atoms with Crippen molar-refractivity contribution in [3.63, 3.8) is 0 Å². The number of nitrogens with two attached hydrogens (primary N) is 1. The van der Waals surface area contributed by atoms with Crippen LogP contribution in [0.5, 0.6) is 0 Å². The first-order chi connectivity index (χ1) is 5.34. The van der Waals surface area contributed by atoms with Gasteiger partial charge in [-0.15, -0.1) is 0 Å². The van der Waals surface area contributed by atoms with E-state index < -0.39 is 0 Å². The number of hydrogen-bond donors (Lipinski definition) is 1. The Labute approximate surface area is 66.0 Å². The number of aldehydes is 1. The van der Waals surface area contributed by atoms with Crippen molar-refractivity contribution in [2.75, 3.05) is 0 Å². The third-order valence-electron chi connectivity index (χ3n) is 1.58. The standard InChI is InChI=1S/C9H11NO/c10-9(6-7-11)8-4-2-1-3-5-8/h1-5,7,9H,6,10H2/t9-/m0/s1. The summed E-state index contributed by atoms with van der Waals surface area (Å²) < 4.78 is 0. The van der Waals surface area contributed by atoms with E-state index >= 15 is 0 Å². The van der Waals surface area contributed by atoms with Gasteiger partial charge in [-0.25, -0.2) is 0 Å². The molecule has 1 rings (SSSR count). The highest BCUT2D eigenvalue weighted by atomic mass is 16.1. The SMILES string of the molecule is N[C@@H](CC=O)c1ccccc1. The molecule has 2 heteroatoms. The van der Waals surface area contributed by atoms with Crippen LogP contribution in [-0.2, 0) is 4.79 Å². The zero-order valence-electron chi connectivity index (χ0n) is 6.23. The Bertz CT molecular complexity index is 220. The van der Waals surface area contributed by atoms with Crippen molar-refractivity contribution in [1.82, 2.24) is 0 Å². The number of carbonyl (C=O) groups is 1. The van der Waals surface area contributed by atoms with E-state index in [0.717, 1.165) is 11.8 Å². The van der Waals surface area contributed by atoms with Crippen LogP contribution in [0.15, 0.2) is 30.3 Å². The van der Waals surface area contributed by atoms with Crippen LogP contribution >= 0.6 is 0 Å². The van der Waals surface area contributed by atoms with Crippen LogP contribution in [0.2, 0.25) is 0 Å². The Morgan fingerprint density at radius 1 is 1.36 bits per heavy atom. The molecule has 0 amide bonds. The molecule has 0 saturated carbocycles. The normalized spacial score (nSPS) is 12.5. The van der Waals surface area contributed by atoms with E-state index in [0.29, 0.717) is 6.42 Å². The van der Waals surface area contributed by atoms with Gasteiger partial charge in [-0.2, -0.15) is 0 Å². The van der Waals surface area contributed by atoms with Gasteiger partial charge >= 0.3 is 0 Å². The van der Waals surface area contributed by atoms with Crippen LogP contribution in [0.25, 0.3) is 0 Å². The van der Waals surface area contributed by atoms with Crippen LogP contribution in [0.3, 0.4) is 0 Å². The van der Waals surface area contributed by atoms with E-state index in [1.807, 2.05) is 30.3 Å². The topological polar surface area (TPSA) is 43.1 Å². The van der Waals surface area contributed by atoms with Gasteiger partial charge < -0.3 is 10.5 Å². The Morgan fingerprint density at radius 2 is 2.00 bits per heavy atom. The monoisotopic (exact) mass is 149 g/mol. The van der Waals surface area contributed by atoms with Crippen LogP contribution in [0.1, 0.15) is 18.0 Å². The molecular weight excluding hydrogens is 138 g/mol. The molecule has 0 radical (unpaired) electrons. The summed E-state index contributed by atoms with van der Waals surface area (Å²) in [6.07, 6.45) is 1.24. The second-order valence-corrected chi connectivity index (χ2v) is 2.42. The van der Waals surface area contributed by atoms with Crippen molar-refractivity contribution < 1.29 is 4.79 Å². The van der Waals surface area contributed by atoms with E-state index in [1.54, 1.807) is 0 Å². The van der Waals surface area contributed by atoms with Gasteiger partial charge in [0.2, 0.25) is 0 Å². The molecule has 0 bridgehead atoms. The summed E-state index contributed by atoms with van der Waals surface area (Å²) in [4.78, 5) is 10.1. The summed E-state index contributed by atoms with van der Waals surface area (Å²) in [5, 5.41) is 0. The van der Waals surface area contributed by atoms with E-state index in [2.05, 4.69) is 0 Å². The fourth-order valence-corrected chi connectivity index (χ4v) is 0.940. The number of benzene rings is 1. The maximum atomic E-state index is 10.1. The predicted molar refractivity (Wildman–Crippen MR) is 44.1 cm³/mol. The van der Waals surface area contributed by atoms with E-state index in [4.69, 9.17) is 5.73 Å². The third kappa shape index (κ3) is 2.16. The maximum Gasteiger partial charge on any atom is 0.121 e. The predicted octanol–water partition coefficient (Wildman–Crippen LogP) is 1.28. The average Bonchev–Trinajstić information content (AvgIpc) is 2.07. The largest absolute Gasteiger partial charge is 0.324 e. The molecule has 0 aliphatic heterocycles. The lowest BCUT2D eigenvalue weighted by molar-refractivity contribution is -0.108. The fourth-order valence-electron chi connectivity index (χ4n) is 0.940. The molecule has 2 nitrogen and oxygen atoms in total. The molecule has 0 aliphatic carbocycles. The first-order valence-corrected chi connectivity index (χ1v) is 3.58. The van der Waals surface area contributed by atoms with Crippen molar-refractivity contribution in [3.8, 4) is 0 Å². The smallest absolute Gasteiger partial charge is 0.121 e. The van der Waals surface area contributed by atoms with Crippen LogP contribution < -0.4 is 5.73 Å². The zero-order valence-corrected chi connectivity index (χ0v) is 6.23. The molecule has 11 heavy (non-hydrogen) atoms. The first-order valence-electron chi connectivity index (χ1n) is 3.58. The number of carbonyl (C=O) groups excluding carboxylic acids is 1. The van der Waals surface area contributed by atoms with Crippen molar-refractivity contribution in [1.29, 1.82) is 0 Å². The van der Waals surface area contributed by atoms with Crippen LogP contribution in [-0.4, -0.2) is 6.29 Å². The molecule has 1 atom stereocenters. The molecule has 0 heterocycles. The Hall–Kier alpha value is -1.15. The Kier molecular flexibility index (Phi) is 2.81. The van der Waals surface area contributed by atoms with Crippen LogP contribution in [0, 0.1) is 0 Å². The third-order valence-corrected chi connectivity index (χ3v) is 1.58. The summed E-state index contributed by atoms with van der Waals surface area (Å²) in [5.41, 5.74) is 6.69. The van der Waals surface area contributed by atoms with Crippen molar-refractivity contribution in [3.05, 3.63) is 35.9 Å². The van der Waals surface area contributed by atoms with Gasteiger partial charge in [-0.05, 0) is 5.56 Å². The van der Waals surface area contributed by atoms with E-state index in [1.165, 1.54) is 0 Å². The Morgan fingerprint density at radius 3 is 2.55 bits per heavy atom. The Balaban J connectivity index is 2.68. The quantitative estimate of drug-likeness (QED) is 0.658. The lowest BCUT2D eigenvalue weighted by atomic mass is 10.1. The molecule has 0 fully saturated rings. The molecule has 0 unspecified atom stereocenters. The highest BCUT2D eigenvalue weighted by molar-refractivity contribution is 5.51. The highest BCUT2D eigenvalue weighted by Crippen LogP contribution is 2.10. The molecule has 0 spiro atoms. The molecule has 2 N–H and O–H groups in total. The average molecular weight is 149 g/mol. The minimum atomic E-state index is -0.145. The number of rotatable bonds is 3. The molecule has 0 aliphatic rings. The second-order valence-electron chi connectivity index (χ2n) is 2.42.